The lowest BCUT2D eigenvalue weighted by Gasteiger charge is -2.41. The van der Waals surface area contributed by atoms with Crippen molar-refractivity contribution in [1.29, 1.82) is 0 Å². The van der Waals surface area contributed by atoms with Crippen LogP contribution in [0.4, 0.5) is 14.4 Å². The summed E-state index contributed by atoms with van der Waals surface area (Å²) >= 11 is 0. The van der Waals surface area contributed by atoms with Crippen molar-refractivity contribution >= 4 is 88.9 Å². The maximum atomic E-state index is 14.0. The lowest BCUT2D eigenvalue weighted by molar-refractivity contribution is 0.150. The number of hydrogen-bond acceptors (Lipinski definition) is 15. The molecule has 0 amide bonds. The summed E-state index contributed by atoms with van der Waals surface area (Å²) in [4.78, 5) is 41.4. The number of carbonyl (C=O) groups excluding carboxylic acids is 3. The molecule has 0 fully saturated rings. The van der Waals surface area contributed by atoms with E-state index in [-0.39, 0.29) is 10.0 Å². The van der Waals surface area contributed by atoms with Crippen LogP contribution in [0.1, 0.15) is 82.3 Å². The van der Waals surface area contributed by atoms with E-state index in [0.29, 0.717) is 62.7 Å². The van der Waals surface area contributed by atoms with Gasteiger partial charge in [0.2, 0.25) is 9.76 Å². The van der Waals surface area contributed by atoms with Crippen molar-refractivity contribution in [3.05, 3.63) is 238 Å². The summed E-state index contributed by atoms with van der Waals surface area (Å²) in [5, 5.41) is 0. The van der Waals surface area contributed by atoms with Crippen LogP contribution in [0, 0.1) is 13.8 Å². The fourth-order valence-corrected chi connectivity index (χ4v) is 40.3. The molecule has 9 rings (SSSR count). The molecular weight excluding hydrogens is 1390 g/mol. The van der Waals surface area contributed by atoms with Gasteiger partial charge in [0.15, 0.2) is 25.0 Å². The first-order valence-corrected chi connectivity index (χ1v) is 54.4. The zero-order valence-electron chi connectivity index (χ0n) is 61.2. The molecule has 0 spiro atoms. The second-order valence-electron chi connectivity index (χ2n) is 29.7. The highest BCUT2D eigenvalue weighted by atomic mass is 28.5. The van der Waals surface area contributed by atoms with Crippen molar-refractivity contribution < 1.29 is 67.5 Å². The molecule has 0 aromatic heterocycles. The van der Waals surface area contributed by atoms with Gasteiger partial charge in [-0.3, -0.25) is 0 Å². The number of fused-ring (bicyclic) bond motifs is 3. The predicted molar refractivity (Wildman–Crippen MR) is 412 cm³/mol. The van der Waals surface area contributed by atoms with Crippen LogP contribution >= 0.6 is 0 Å². The molecule has 8 aromatic carbocycles. The first-order valence-electron chi connectivity index (χ1n) is 34.1. The molecule has 0 heterocycles. The molecule has 8 aromatic rings. The van der Waals surface area contributed by atoms with E-state index >= 15 is 0 Å². The summed E-state index contributed by atoms with van der Waals surface area (Å²) in [6.45, 7) is 38.1. The average molecular weight is 1490 g/mol. The van der Waals surface area contributed by atoms with Gasteiger partial charge < -0.3 is 53.1 Å². The third-order valence-electron chi connectivity index (χ3n) is 17.1. The van der Waals surface area contributed by atoms with E-state index in [0.717, 1.165) is 86.1 Å². The number of hydrogen-bond donors (Lipinski definition) is 0. The van der Waals surface area contributed by atoms with Gasteiger partial charge in [0, 0.05) is 5.41 Å². The second kappa shape index (κ2) is 32.2. The molecule has 1 aliphatic carbocycles. The van der Waals surface area contributed by atoms with Gasteiger partial charge >= 0.3 is 54.2 Å². The fourth-order valence-electron chi connectivity index (χ4n) is 13.4. The van der Waals surface area contributed by atoms with Gasteiger partial charge in [-0.25, -0.2) is 14.4 Å². The highest BCUT2D eigenvalue weighted by Gasteiger charge is 2.48. The number of rotatable bonds is 30. The molecule has 0 saturated carbocycles. The smallest absolute Gasteiger partial charge is 0.437 e. The van der Waals surface area contributed by atoms with Crippen LogP contribution in [0.2, 0.25) is 104 Å². The zero-order chi connectivity index (χ0) is 72.5. The summed E-state index contributed by atoms with van der Waals surface area (Å²) in [6.07, 6.45) is 0.225. The van der Waals surface area contributed by atoms with Crippen molar-refractivity contribution in [2.75, 3.05) is 0 Å². The van der Waals surface area contributed by atoms with Crippen molar-refractivity contribution in [3.63, 3.8) is 0 Å². The minimum Gasteiger partial charge on any atom is -0.437 e. The lowest BCUT2D eigenvalue weighted by atomic mass is 9.67. The Morgan fingerprint density at radius 3 is 1.23 bits per heavy atom. The van der Waals surface area contributed by atoms with E-state index in [1.54, 1.807) is 36.4 Å². The van der Waals surface area contributed by atoms with Crippen molar-refractivity contribution in [2.45, 2.75) is 168 Å². The van der Waals surface area contributed by atoms with Gasteiger partial charge in [0.1, 0.15) is 34.5 Å². The van der Waals surface area contributed by atoms with Crippen LogP contribution in [0.3, 0.4) is 0 Å². The third-order valence-corrected chi connectivity index (χ3v) is 39.3. The Hall–Kier alpha value is -6.93. The number of benzene rings is 8. The molecule has 2 atom stereocenters. The summed E-state index contributed by atoms with van der Waals surface area (Å²) in [6, 6.07) is 59.6. The minimum atomic E-state index is -2.63. The molecule has 0 aliphatic heterocycles. The summed E-state index contributed by atoms with van der Waals surface area (Å²) in [5.74, 6) is 2.13. The van der Waals surface area contributed by atoms with Crippen LogP contribution in [0.5, 0.6) is 34.5 Å². The van der Waals surface area contributed by atoms with Crippen molar-refractivity contribution in [2.24, 2.45) is 0 Å². The summed E-state index contributed by atoms with van der Waals surface area (Å²) in [5.41, 5.74) is 9.33. The molecule has 23 heteroatoms. The second-order valence-corrected chi connectivity index (χ2v) is 56.1. The Labute approximate surface area is 603 Å². The Morgan fingerprint density at radius 2 is 0.800 bits per heavy atom. The van der Waals surface area contributed by atoms with Crippen molar-refractivity contribution in [3.8, 4) is 45.6 Å². The molecule has 0 saturated heterocycles. The Morgan fingerprint density at radius 1 is 0.420 bits per heavy atom. The SMILES string of the molecule is C[Si]O[Si]O[Si](C)(CCCc1ccccc1OC(=O)Oc1cc(C2(c3ccc(C)c(OC(=O)Oc4ccc(C(C)(C)c5ccc(OC(=O)Oc6ccccc6CCC[Si](C)(O[Si](C)(C)C)O[Si](C)(C)O[Si](C)(C)C)cc5)cc4)c3)c3ccccc3-c3ccccc32)ccc1C)O[Si](C)(C)C. The van der Waals surface area contributed by atoms with Gasteiger partial charge in [0.25, 0.3) is 0 Å². The predicted octanol–water partition coefficient (Wildman–Crippen LogP) is 20.2. The minimum absolute atomic E-state index is 0.0675. The number of para-hydroxylation sites is 2. The van der Waals surface area contributed by atoms with E-state index in [4.69, 9.17) is 53.1 Å². The number of aryl methyl sites for hydroxylation is 4. The average Bonchev–Trinajstić information content (AvgIpc) is 1.52. The Kier molecular flexibility index (Phi) is 24.8. The van der Waals surface area contributed by atoms with Gasteiger partial charge in [-0.15, -0.1) is 0 Å². The normalized spacial score (nSPS) is 14.2. The highest BCUT2D eigenvalue weighted by molar-refractivity contribution is 6.89. The van der Waals surface area contributed by atoms with Crippen LogP contribution in [0.15, 0.2) is 182 Å². The van der Waals surface area contributed by atoms with Crippen molar-refractivity contribution in [1.82, 2.24) is 0 Å². The van der Waals surface area contributed by atoms with E-state index < -0.39 is 79.9 Å². The Bertz CT molecular complexity index is 4120. The molecule has 526 valence electrons. The molecule has 2 unspecified atom stereocenters. The molecule has 1 aliphatic rings. The van der Waals surface area contributed by atoms with Crippen LogP contribution in [-0.4, -0.2) is 88.9 Å². The highest BCUT2D eigenvalue weighted by Crippen LogP contribution is 2.57. The maximum absolute atomic E-state index is 14.0. The molecule has 0 bridgehead atoms. The molecule has 0 N–H and O–H groups in total. The number of carbonyl (C=O) groups is 3. The monoisotopic (exact) mass is 1480 g/mol. The Balaban J connectivity index is 0.861. The molecule has 15 nitrogen and oxygen atoms in total. The molecule has 4 radical (unpaired) electrons. The standard InChI is InChI=1S/C77H96O15Si8/c1-55-39-41-61(77(67-35-23-21-33-65(67)66-34-22-24-36-68(66)77)62-42-40-56(2)72(54-62)86-75(80)84-70-38-26-20-29-57(70)31-27-51-99(17,88-94-87-93-5)90-96(9,10)11)53-71(55)85-74(79)82-64-49-45-60(46-50-64)76(3,4)59-43-47-63(48-44-59)81-73(78)83-69-37-25-19-30-58(69)32-28-52-100(18,91-97(12,13)14)92-98(15,16)89-95(6,7)8/h19-26,29-30,33-50,53-54H,27-28,31-32,51-52H2,1-18H3. The van der Waals surface area contributed by atoms with E-state index in [2.05, 4.69) is 135 Å². The van der Waals surface area contributed by atoms with Gasteiger partial charge in [-0.1, -0.05) is 147 Å². The largest absolute Gasteiger partial charge is 0.519 e. The van der Waals surface area contributed by atoms with Crippen LogP contribution in [-0.2, 0) is 48.4 Å². The fraction of sp³-hybridized carbons (Fsp3) is 0.338. The zero-order valence-corrected chi connectivity index (χ0v) is 69.2. The quantitative estimate of drug-likeness (QED) is 0.0181. The lowest BCUT2D eigenvalue weighted by Crippen LogP contribution is -2.56. The van der Waals surface area contributed by atoms with Crippen LogP contribution in [0.25, 0.3) is 11.1 Å². The summed E-state index contributed by atoms with van der Waals surface area (Å²) in [7, 11) is -13.1. The van der Waals surface area contributed by atoms with E-state index in [1.807, 2.05) is 130 Å². The van der Waals surface area contributed by atoms with Gasteiger partial charge in [-0.05, 0) is 259 Å². The summed E-state index contributed by atoms with van der Waals surface area (Å²) < 4.78 is 74.7. The third kappa shape index (κ3) is 20.2. The topological polar surface area (TPSA) is 162 Å². The van der Waals surface area contributed by atoms with Crippen LogP contribution < -0.4 is 28.4 Å². The first-order chi connectivity index (χ1) is 47.1. The maximum Gasteiger partial charge on any atom is 0.519 e. The first kappa shape index (κ1) is 77.2. The number of ether oxygens (including phenoxy) is 6. The van der Waals surface area contributed by atoms with Gasteiger partial charge in [-0.2, -0.15) is 0 Å². The van der Waals surface area contributed by atoms with E-state index in [1.165, 1.54) is 0 Å². The van der Waals surface area contributed by atoms with Gasteiger partial charge in [0.05, 0.1) is 5.41 Å². The molecular formula is C77H96O15Si8. The van der Waals surface area contributed by atoms with E-state index in [9.17, 15) is 14.4 Å². The molecule has 100 heavy (non-hydrogen) atoms.